The molecular formula is C12H27NO2. The molecule has 0 atom stereocenters. The molecule has 1 N–H and O–H groups in total. The number of methoxy groups -OCH3 is 1. The van der Waals surface area contributed by atoms with Gasteiger partial charge in [-0.25, -0.2) is 0 Å². The molecule has 0 aliphatic heterocycles. The summed E-state index contributed by atoms with van der Waals surface area (Å²) in [6.07, 6.45) is 6.05. The maximum atomic E-state index is 8.92. The molecule has 15 heavy (non-hydrogen) atoms. The number of aliphatic hydroxyl groups excluding tert-OH is 1. The second-order valence-corrected chi connectivity index (χ2v) is 3.97. The fraction of sp³-hybridized carbons (Fsp3) is 1.00. The van der Waals surface area contributed by atoms with E-state index in [4.69, 9.17) is 9.84 Å². The van der Waals surface area contributed by atoms with E-state index in [0.717, 1.165) is 32.7 Å². The molecule has 0 bridgehead atoms. The van der Waals surface area contributed by atoms with Gasteiger partial charge in [0.25, 0.3) is 0 Å². The van der Waals surface area contributed by atoms with Crippen LogP contribution in [-0.2, 0) is 4.74 Å². The van der Waals surface area contributed by atoms with E-state index in [2.05, 4.69) is 11.8 Å². The Bertz CT molecular complexity index is 120. The van der Waals surface area contributed by atoms with Gasteiger partial charge in [-0.3, -0.25) is 0 Å². The number of nitrogens with zero attached hydrogens (tertiary/aromatic N) is 1. The molecule has 0 aliphatic carbocycles. The fourth-order valence-electron chi connectivity index (χ4n) is 1.62. The molecule has 0 rings (SSSR count). The molecule has 0 unspecified atom stereocenters. The molecule has 3 nitrogen and oxygen atoms in total. The summed E-state index contributed by atoms with van der Waals surface area (Å²) in [6, 6.07) is 0. The zero-order valence-corrected chi connectivity index (χ0v) is 10.4. The van der Waals surface area contributed by atoms with Gasteiger partial charge in [0.1, 0.15) is 0 Å². The Kier molecular flexibility index (Phi) is 11.9. The lowest BCUT2D eigenvalue weighted by atomic mass is 10.2. The van der Waals surface area contributed by atoms with Crippen LogP contribution in [-0.4, -0.2) is 50.0 Å². The molecule has 0 aromatic carbocycles. The van der Waals surface area contributed by atoms with E-state index in [-0.39, 0.29) is 6.61 Å². The molecule has 0 aromatic rings. The first-order valence-electron chi connectivity index (χ1n) is 6.17. The van der Waals surface area contributed by atoms with E-state index < -0.39 is 0 Å². The minimum atomic E-state index is 0.280. The first-order chi connectivity index (χ1) is 7.35. The van der Waals surface area contributed by atoms with Gasteiger partial charge in [0.2, 0.25) is 0 Å². The van der Waals surface area contributed by atoms with Crippen molar-refractivity contribution in [3.8, 4) is 0 Å². The molecule has 0 saturated carbocycles. The van der Waals surface area contributed by atoms with Crippen molar-refractivity contribution < 1.29 is 9.84 Å². The number of hydrogen-bond acceptors (Lipinski definition) is 3. The maximum Gasteiger partial charge on any atom is 0.0558 e. The molecule has 0 heterocycles. The SMILES string of the molecule is CCCCN(CCO)CCCCCOC. The van der Waals surface area contributed by atoms with Crippen LogP contribution >= 0.6 is 0 Å². The quantitative estimate of drug-likeness (QED) is 0.537. The minimum Gasteiger partial charge on any atom is -0.395 e. The lowest BCUT2D eigenvalue weighted by molar-refractivity contribution is 0.178. The van der Waals surface area contributed by atoms with Crippen LogP contribution in [0.25, 0.3) is 0 Å². The van der Waals surface area contributed by atoms with Crippen LogP contribution in [0.4, 0.5) is 0 Å². The lowest BCUT2D eigenvalue weighted by Gasteiger charge is -2.20. The van der Waals surface area contributed by atoms with Gasteiger partial charge in [0, 0.05) is 20.3 Å². The third-order valence-electron chi connectivity index (χ3n) is 2.57. The highest BCUT2D eigenvalue weighted by atomic mass is 16.5. The van der Waals surface area contributed by atoms with Gasteiger partial charge >= 0.3 is 0 Å². The summed E-state index contributed by atoms with van der Waals surface area (Å²) in [5.74, 6) is 0. The second-order valence-electron chi connectivity index (χ2n) is 3.97. The summed E-state index contributed by atoms with van der Waals surface area (Å²) < 4.78 is 5.01. The van der Waals surface area contributed by atoms with Crippen molar-refractivity contribution in [1.29, 1.82) is 0 Å². The van der Waals surface area contributed by atoms with Crippen molar-refractivity contribution in [3.63, 3.8) is 0 Å². The second kappa shape index (κ2) is 12.0. The van der Waals surface area contributed by atoms with E-state index in [0.29, 0.717) is 0 Å². The van der Waals surface area contributed by atoms with Gasteiger partial charge in [-0.15, -0.1) is 0 Å². The molecule has 0 aliphatic rings. The van der Waals surface area contributed by atoms with Gasteiger partial charge < -0.3 is 14.7 Å². The lowest BCUT2D eigenvalue weighted by Crippen LogP contribution is -2.29. The Labute approximate surface area is 94.4 Å². The topological polar surface area (TPSA) is 32.7 Å². The minimum absolute atomic E-state index is 0.280. The summed E-state index contributed by atoms with van der Waals surface area (Å²) in [6.45, 7) is 6.42. The third kappa shape index (κ3) is 10.2. The summed E-state index contributed by atoms with van der Waals surface area (Å²) >= 11 is 0. The molecule has 0 spiro atoms. The monoisotopic (exact) mass is 217 g/mol. The zero-order valence-electron chi connectivity index (χ0n) is 10.4. The zero-order chi connectivity index (χ0) is 11.4. The number of ether oxygens (including phenoxy) is 1. The normalized spacial score (nSPS) is 11.2. The first-order valence-corrected chi connectivity index (χ1v) is 6.17. The largest absolute Gasteiger partial charge is 0.395 e. The average Bonchev–Trinajstić information content (AvgIpc) is 2.25. The Morgan fingerprint density at radius 2 is 1.73 bits per heavy atom. The van der Waals surface area contributed by atoms with E-state index in [9.17, 15) is 0 Å². The molecule has 0 amide bonds. The van der Waals surface area contributed by atoms with Gasteiger partial charge in [0.15, 0.2) is 0 Å². The maximum absolute atomic E-state index is 8.92. The Morgan fingerprint density at radius 1 is 1.00 bits per heavy atom. The van der Waals surface area contributed by atoms with Crippen LogP contribution in [0.5, 0.6) is 0 Å². The van der Waals surface area contributed by atoms with Gasteiger partial charge in [-0.05, 0) is 38.8 Å². The van der Waals surface area contributed by atoms with Crippen LogP contribution in [0.1, 0.15) is 39.0 Å². The highest BCUT2D eigenvalue weighted by molar-refractivity contribution is 4.57. The van der Waals surface area contributed by atoms with E-state index in [1.807, 2.05) is 0 Å². The first kappa shape index (κ1) is 14.9. The van der Waals surface area contributed by atoms with E-state index in [1.165, 1.54) is 25.7 Å². The molecule has 0 fully saturated rings. The smallest absolute Gasteiger partial charge is 0.0558 e. The van der Waals surface area contributed by atoms with Crippen molar-refractivity contribution in [2.45, 2.75) is 39.0 Å². The van der Waals surface area contributed by atoms with Crippen molar-refractivity contribution in [2.75, 3.05) is 40.0 Å². The Balaban J connectivity index is 3.38. The van der Waals surface area contributed by atoms with E-state index >= 15 is 0 Å². The summed E-state index contributed by atoms with van der Waals surface area (Å²) in [4.78, 5) is 2.36. The molecule has 92 valence electrons. The molecule has 0 saturated heterocycles. The van der Waals surface area contributed by atoms with Crippen LogP contribution < -0.4 is 0 Å². The van der Waals surface area contributed by atoms with Gasteiger partial charge in [-0.1, -0.05) is 13.3 Å². The van der Waals surface area contributed by atoms with Crippen LogP contribution in [0, 0.1) is 0 Å². The highest BCUT2D eigenvalue weighted by Crippen LogP contribution is 2.01. The standard InChI is InChI=1S/C12H27NO2/c1-3-4-8-13(10-11-14)9-6-5-7-12-15-2/h14H,3-12H2,1-2H3. The highest BCUT2D eigenvalue weighted by Gasteiger charge is 2.02. The molecule has 0 aromatic heterocycles. The van der Waals surface area contributed by atoms with Gasteiger partial charge in [-0.2, -0.15) is 0 Å². The van der Waals surface area contributed by atoms with Crippen molar-refractivity contribution >= 4 is 0 Å². The Hall–Kier alpha value is -0.120. The van der Waals surface area contributed by atoms with Crippen LogP contribution in [0.3, 0.4) is 0 Å². The molecule has 3 heteroatoms. The number of rotatable bonds is 11. The van der Waals surface area contributed by atoms with E-state index in [1.54, 1.807) is 7.11 Å². The summed E-state index contributed by atoms with van der Waals surface area (Å²) in [7, 11) is 1.75. The number of hydrogen-bond donors (Lipinski definition) is 1. The summed E-state index contributed by atoms with van der Waals surface area (Å²) in [5, 5.41) is 8.92. The Morgan fingerprint density at radius 3 is 2.33 bits per heavy atom. The summed E-state index contributed by atoms with van der Waals surface area (Å²) in [5.41, 5.74) is 0. The third-order valence-corrected chi connectivity index (χ3v) is 2.57. The molecular weight excluding hydrogens is 190 g/mol. The number of aliphatic hydroxyl groups is 1. The number of unbranched alkanes of at least 4 members (excludes halogenated alkanes) is 3. The van der Waals surface area contributed by atoms with Crippen LogP contribution in [0.2, 0.25) is 0 Å². The van der Waals surface area contributed by atoms with Crippen molar-refractivity contribution in [2.24, 2.45) is 0 Å². The van der Waals surface area contributed by atoms with Crippen molar-refractivity contribution in [1.82, 2.24) is 4.90 Å². The van der Waals surface area contributed by atoms with Crippen molar-refractivity contribution in [3.05, 3.63) is 0 Å². The van der Waals surface area contributed by atoms with Crippen LogP contribution in [0.15, 0.2) is 0 Å². The molecule has 0 radical (unpaired) electrons. The average molecular weight is 217 g/mol. The predicted molar refractivity (Wildman–Crippen MR) is 64.2 cm³/mol. The fourth-order valence-corrected chi connectivity index (χ4v) is 1.62. The van der Waals surface area contributed by atoms with Gasteiger partial charge in [0.05, 0.1) is 6.61 Å². The predicted octanol–water partition coefficient (Wildman–Crippen LogP) is 1.90.